The first-order valence-corrected chi connectivity index (χ1v) is 7.33. The molecule has 1 unspecified atom stereocenters. The maximum atomic E-state index is 12.6. The van der Waals surface area contributed by atoms with Gasteiger partial charge in [0.2, 0.25) is 0 Å². The number of aromatic nitrogens is 2. The van der Waals surface area contributed by atoms with Crippen molar-refractivity contribution < 1.29 is 9.53 Å². The van der Waals surface area contributed by atoms with E-state index in [9.17, 15) is 4.79 Å². The summed E-state index contributed by atoms with van der Waals surface area (Å²) in [5.41, 5.74) is 4.61. The number of rotatable bonds is 5. The molecule has 22 heavy (non-hydrogen) atoms. The number of nitrogens with zero attached hydrogens (tertiary/aromatic N) is 2. The number of amides is 1. The van der Waals surface area contributed by atoms with Crippen LogP contribution in [0.4, 0.5) is 0 Å². The van der Waals surface area contributed by atoms with Crippen LogP contribution in [0.2, 0.25) is 0 Å². The minimum Gasteiger partial charge on any atom is -0.380 e. The molecule has 0 aliphatic heterocycles. The number of benzene rings is 1. The van der Waals surface area contributed by atoms with Crippen molar-refractivity contribution in [1.29, 1.82) is 0 Å². The quantitative estimate of drug-likeness (QED) is 0.923. The second-order valence-corrected chi connectivity index (χ2v) is 5.49. The molecule has 1 aromatic carbocycles. The van der Waals surface area contributed by atoms with Gasteiger partial charge in [-0.25, -0.2) is 0 Å². The Balaban J connectivity index is 2.22. The van der Waals surface area contributed by atoms with Crippen molar-refractivity contribution >= 4 is 5.91 Å². The van der Waals surface area contributed by atoms with Gasteiger partial charge in [0.05, 0.1) is 18.3 Å². The zero-order chi connectivity index (χ0) is 16.3. The summed E-state index contributed by atoms with van der Waals surface area (Å²) in [5, 5.41) is 7.46. The first-order valence-electron chi connectivity index (χ1n) is 7.33. The Labute approximate surface area is 131 Å². The Kier molecular flexibility index (Phi) is 4.98. The third-order valence-corrected chi connectivity index (χ3v) is 3.91. The molecule has 0 spiro atoms. The van der Waals surface area contributed by atoms with E-state index in [1.807, 2.05) is 56.8 Å². The van der Waals surface area contributed by atoms with Crippen LogP contribution < -0.4 is 5.32 Å². The lowest BCUT2D eigenvalue weighted by molar-refractivity contribution is 0.0935. The number of carbonyl (C=O) groups excluding carboxylic acids is 1. The number of aryl methyl sites for hydroxylation is 2. The number of methoxy groups -OCH3 is 1. The van der Waals surface area contributed by atoms with Crippen LogP contribution >= 0.6 is 0 Å². The Morgan fingerprint density at radius 2 is 2.05 bits per heavy atom. The van der Waals surface area contributed by atoms with Crippen molar-refractivity contribution in [1.82, 2.24) is 15.1 Å². The highest BCUT2D eigenvalue weighted by atomic mass is 16.5. The van der Waals surface area contributed by atoms with Crippen molar-refractivity contribution in [2.45, 2.75) is 33.4 Å². The molecule has 0 aliphatic carbocycles. The standard InChI is InChI=1S/C17H23N3O2/c1-11(16-12(2)19-20(4)13(16)3)18-17(21)15-9-7-6-8-14(15)10-22-5/h6-9,11H,10H2,1-5H3,(H,18,21). The average molecular weight is 301 g/mol. The van der Waals surface area contributed by atoms with Gasteiger partial charge in [0.1, 0.15) is 0 Å². The van der Waals surface area contributed by atoms with Crippen molar-refractivity contribution in [2.75, 3.05) is 7.11 Å². The zero-order valence-electron chi connectivity index (χ0n) is 13.8. The lowest BCUT2D eigenvalue weighted by Crippen LogP contribution is -2.28. The molecule has 0 fully saturated rings. The molecule has 1 aromatic heterocycles. The summed E-state index contributed by atoms with van der Waals surface area (Å²) in [7, 11) is 3.54. The van der Waals surface area contributed by atoms with Crippen LogP contribution in [-0.4, -0.2) is 22.8 Å². The van der Waals surface area contributed by atoms with Crippen LogP contribution in [0.1, 0.15) is 45.8 Å². The highest BCUT2D eigenvalue weighted by Gasteiger charge is 2.19. The molecule has 1 heterocycles. The Bertz CT molecular complexity index is 677. The number of ether oxygens (including phenoxy) is 1. The molecule has 0 bridgehead atoms. The summed E-state index contributed by atoms with van der Waals surface area (Å²) in [4.78, 5) is 12.6. The number of hydrogen-bond acceptors (Lipinski definition) is 3. The van der Waals surface area contributed by atoms with Crippen molar-refractivity contribution in [3.05, 3.63) is 52.3 Å². The predicted octanol–water partition coefficient (Wildman–Crippen LogP) is 2.67. The Morgan fingerprint density at radius 3 is 2.64 bits per heavy atom. The molecule has 1 atom stereocenters. The summed E-state index contributed by atoms with van der Waals surface area (Å²) in [5.74, 6) is -0.0946. The minimum atomic E-state index is -0.100. The molecule has 0 saturated heterocycles. The number of carbonyl (C=O) groups is 1. The largest absolute Gasteiger partial charge is 0.380 e. The molecule has 2 aromatic rings. The van der Waals surface area contributed by atoms with Gasteiger partial charge >= 0.3 is 0 Å². The van der Waals surface area contributed by atoms with E-state index >= 15 is 0 Å². The molecule has 1 amide bonds. The van der Waals surface area contributed by atoms with E-state index in [4.69, 9.17) is 4.74 Å². The molecular formula is C17H23N3O2. The van der Waals surface area contributed by atoms with Gasteiger partial charge < -0.3 is 10.1 Å². The fourth-order valence-electron chi connectivity index (χ4n) is 2.79. The Morgan fingerprint density at radius 1 is 1.36 bits per heavy atom. The Hall–Kier alpha value is -2.14. The third-order valence-electron chi connectivity index (χ3n) is 3.91. The molecule has 0 aliphatic rings. The van der Waals surface area contributed by atoms with Crippen LogP contribution in [0.15, 0.2) is 24.3 Å². The zero-order valence-corrected chi connectivity index (χ0v) is 13.8. The van der Waals surface area contributed by atoms with Gasteiger partial charge in [-0.2, -0.15) is 5.10 Å². The second kappa shape index (κ2) is 6.75. The first-order chi connectivity index (χ1) is 10.5. The van der Waals surface area contributed by atoms with Crippen LogP contribution in [0, 0.1) is 13.8 Å². The minimum absolute atomic E-state index is 0.0946. The summed E-state index contributed by atoms with van der Waals surface area (Å²) in [6.07, 6.45) is 0. The predicted molar refractivity (Wildman–Crippen MR) is 85.7 cm³/mol. The van der Waals surface area contributed by atoms with Gasteiger partial charge in [0.25, 0.3) is 5.91 Å². The van der Waals surface area contributed by atoms with E-state index in [-0.39, 0.29) is 11.9 Å². The van der Waals surface area contributed by atoms with E-state index in [1.165, 1.54) is 0 Å². The van der Waals surface area contributed by atoms with E-state index in [1.54, 1.807) is 7.11 Å². The molecule has 0 saturated carbocycles. The van der Waals surface area contributed by atoms with Gasteiger partial charge in [0.15, 0.2) is 0 Å². The fraction of sp³-hybridized carbons (Fsp3) is 0.412. The highest BCUT2D eigenvalue weighted by molar-refractivity contribution is 5.95. The van der Waals surface area contributed by atoms with Crippen LogP contribution in [0.5, 0.6) is 0 Å². The number of nitrogens with one attached hydrogen (secondary N) is 1. The lowest BCUT2D eigenvalue weighted by atomic mass is 10.0. The average Bonchev–Trinajstić information content (AvgIpc) is 2.73. The topological polar surface area (TPSA) is 56.1 Å². The van der Waals surface area contributed by atoms with Crippen molar-refractivity contribution in [2.24, 2.45) is 7.05 Å². The van der Waals surface area contributed by atoms with Gasteiger partial charge in [-0.05, 0) is 32.4 Å². The maximum Gasteiger partial charge on any atom is 0.252 e. The van der Waals surface area contributed by atoms with Crippen LogP contribution in [0.3, 0.4) is 0 Å². The van der Waals surface area contributed by atoms with E-state index in [0.29, 0.717) is 12.2 Å². The molecular weight excluding hydrogens is 278 g/mol. The van der Waals surface area contributed by atoms with Gasteiger partial charge in [-0.1, -0.05) is 18.2 Å². The van der Waals surface area contributed by atoms with Gasteiger partial charge in [-0.3, -0.25) is 9.48 Å². The number of hydrogen-bond donors (Lipinski definition) is 1. The van der Waals surface area contributed by atoms with Gasteiger partial charge in [-0.15, -0.1) is 0 Å². The van der Waals surface area contributed by atoms with Crippen LogP contribution in [0.25, 0.3) is 0 Å². The van der Waals surface area contributed by atoms with Crippen molar-refractivity contribution in [3.63, 3.8) is 0 Å². The molecule has 1 N–H and O–H groups in total. The molecule has 5 heteroatoms. The summed E-state index contributed by atoms with van der Waals surface area (Å²) >= 11 is 0. The SMILES string of the molecule is COCc1ccccc1C(=O)NC(C)c1c(C)nn(C)c1C. The summed E-state index contributed by atoms with van der Waals surface area (Å²) in [6.45, 7) is 6.37. The lowest BCUT2D eigenvalue weighted by Gasteiger charge is -2.16. The van der Waals surface area contributed by atoms with Crippen molar-refractivity contribution in [3.8, 4) is 0 Å². The van der Waals surface area contributed by atoms with E-state index in [0.717, 1.165) is 22.5 Å². The molecule has 2 rings (SSSR count). The fourth-order valence-corrected chi connectivity index (χ4v) is 2.79. The summed E-state index contributed by atoms with van der Waals surface area (Å²) in [6, 6.07) is 7.39. The molecule has 0 radical (unpaired) electrons. The third kappa shape index (κ3) is 3.20. The second-order valence-electron chi connectivity index (χ2n) is 5.49. The first kappa shape index (κ1) is 16.2. The monoisotopic (exact) mass is 301 g/mol. The molecule has 5 nitrogen and oxygen atoms in total. The van der Waals surface area contributed by atoms with Crippen LogP contribution in [-0.2, 0) is 18.4 Å². The smallest absolute Gasteiger partial charge is 0.252 e. The summed E-state index contributed by atoms with van der Waals surface area (Å²) < 4.78 is 7.00. The van der Waals surface area contributed by atoms with E-state index in [2.05, 4.69) is 10.4 Å². The molecule has 118 valence electrons. The van der Waals surface area contributed by atoms with E-state index < -0.39 is 0 Å². The normalized spacial score (nSPS) is 12.2. The van der Waals surface area contributed by atoms with Gasteiger partial charge in [0, 0.05) is 31.0 Å². The maximum absolute atomic E-state index is 12.6. The highest BCUT2D eigenvalue weighted by Crippen LogP contribution is 2.21.